The molecule has 1 heterocycles. The van der Waals surface area contributed by atoms with Gasteiger partial charge in [0.15, 0.2) is 0 Å². The van der Waals surface area contributed by atoms with Crippen LogP contribution in [0.1, 0.15) is 5.56 Å². The molecule has 3 nitrogen and oxygen atoms in total. The number of carbonyl (C=O) groups is 1. The summed E-state index contributed by atoms with van der Waals surface area (Å²) in [5.41, 5.74) is 1.35. The van der Waals surface area contributed by atoms with Crippen LogP contribution >= 0.6 is 27.3 Å². The predicted octanol–water partition coefficient (Wildman–Crippen LogP) is 3.72. The van der Waals surface area contributed by atoms with Crippen molar-refractivity contribution in [3.05, 3.63) is 50.9 Å². The van der Waals surface area contributed by atoms with Crippen LogP contribution in [0.2, 0.25) is 0 Å². The first-order valence-corrected chi connectivity index (χ1v) is 7.67. The van der Waals surface area contributed by atoms with E-state index in [1.807, 2.05) is 23.4 Å². The van der Waals surface area contributed by atoms with Gasteiger partial charge in [0.1, 0.15) is 5.82 Å². The van der Waals surface area contributed by atoms with Crippen molar-refractivity contribution in [2.45, 2.75) is 6.54 Å². The number of rotatable bonds is 5. The van der Waals surface area contributed by atoms with Crippen molar-refractivity contribution in [3.63, 3.8) is 0 Å². The zero-order valence-electron chi connectivity index (χ0n) is 10.9. The van der Waals surface area contributed by atoms with Gasteiger partial charge in [-0.1, -0.05) is 12.1 Å². The van der Waals surface area contributed by atoms with E-state index in [4.69, 9.17) is 0 Å². The van der Waals surface area contributed by atoms with Gasteiger partial charge in [-0.05, 0) is 52.1 Å². The number of benzene rings is 1. The summed E-state index contributed by atoms with van der Waals surface area (Å²) in [7, 11) is 1.85. The Morgan fingerprint density at radius 1 is 1.45 bits per heavy atom. The summed E-state index contributed by atoms with van der Waals surface area (Å²) in [6, 6.07) is 8.16. The zero-order chi connectivity index (χ0) is 14.5. The van der Waals surface area contributed by atoms with Crippen molar-refractivity contribution >= 4 is 38.9 Å². The molecule has 0 radical (unpaired) electrons. The third kappa shape index (κ3) is 4.40. The summed E-state index contributed by atoms with van der Waals surface area (Å²) in [5.74, 6) is -0.655. The highest BCUT2D eigenvalue weighted by Crippen LogP contribution is 2.21. The summed E-state index contributed by atoms with van der Waals surface area (Å²) in [6.07, 6.45) is 0. The van der Waals surface area contributed by atoms with Gasteiger partial charge in [0.05, 0.1) is 16.0 Å². The van der Waals surface area contributed by atoms with Crippen LogP contribution in [0.15, 0.2) is 39.5 Å². The third-order valence-corrected chi connectivity index (χ3v) is 4.19. The fourth-order valence-corrected chi connectivity index (χ4v) is 2.99. The maximum absolute atomic E-state index is 13.4. The molecule has 0 atom stereocenters. The smallest absolute Gasteiger partial charge is 0.238 e. The number of halogens is 2. The van der Waals surface area contributed by atoms with Gasteiger partial charge in [0.25, 0.3) is 0 Å². The van der Waals surface area contributed by atoms with Crippen LogP contribution in [0.4, 0.5) is 10.1 Å². The molecule has 0 aliphatic carbocycles. The van der Waals surface area contributed by atoms with Gasteiger partial charge in [-0.15, -0.1) is 11.3 Å². The monoisotopic (exact) mass is 356 g/mol. The average molecular weight is 357 g/mol. The number of likely N-dealkylation sites (N-methyl/N-ethyl adjacent to an activating group) is 1. The van der Waals surface area contributed by atoms with E-state index in [1.54, 1.807) is 29.5 Å². The minimum absolute atomic E-state index is 0.210. The molecule has 0 aliphatic rings. The molecule has 0 saturated heterocycles. The van der Waals surface area contributed by atoms with E-state index in [0.29, 0.717) is 6.54 Å². The van der Waals surface area contributed by atoms with Crippen molar-refractivity contribution < 1.29 is 9.18 Å². The normalized spacial score (nSPS) is 10.8. The van der Waals surface area contributed by atoms with E-state index >= 15 is 0 Å². The number of thiophene rings is 1. The summed E-state index contributed by atoms with van der Waals surface area (Å²) >= 11 is 5.01. The Labute approximate surface area is 129 Å². The Kier molecular flexibility index (Phi) is 5.28. The summed E-state index contributed by atoms with van der Waals surface area (Å²) in [4.78, 5) is 13.7. The van der Waals surface area contributed by atoms with Gasteiger partial charge >= 0.3 is 0 Å². The molecule has 0 fully saturated rings. The van der Waals surface area contributed by atoms with Crippen LogP contribution in [0.5, 0.6) is 0 Å². The van der Waals surface area contributed by atoms with E-state index in [2.05, 4.69) is 21.2 Å². The maximum Gasteiger partial charge on any atom is 0.238 e. The standard InChI is InChI=1S/C14H14BrFN2OS/c1-18(7-10-6-13(15)20-9-10)8-14(19)17-12-5-3-2-4-11(12)16/h2-6,9H,7-8H2,1H3,(H,17,19). The van der Waals surface area contributed by atoms with Crippen LogP contribution in [-0.2, 0) is 11.3 Å². The fourth-order valence-electron chi connectivity index (χ4n) is 1.79. The molecule has 2 aromatic rings. The lowest BCUT2D eigenvalue weighted by Gasteiger charge is -2.15. The van der Waals surface area contributed by atoms with Crippen molar-refractivity contribution in [2.75, 3.05) is 18.9 Å². The lowest BCUT2D eigenvalue weighted by atomic mass is 10.3. The van der Waals surface area contributed by atoms with Gasteiger partial charge < -0.3 is 5.32 Å². The number of nitrogens with zero attached hydrogens (tertiary/aromatic N) is 1. The van der Waals surface area contributed by atoms with Gasteiger partial charge in [-0.2, -0.15) is 0 Å². The molecule has 2 rings (SSSR count). The number of para-hydroxylation sites is 1. The summed E-state index contributed by atoms with van der Waals surface area (Å²) in [5, 5.41) is 4.61. The van der Waals surface area contributed by atoms with E-state index in [0.717, 1.165) is 9.35 Å². The number of amides is 1. The van der Waals surface area contributed by atoms with Gasteiger partial charge in [-0.25, -0.2) is 4.39 Å². The van der Waals surface area contributed by atoms with E-state index in [9.17, 15) is 9.18 Å². The Morgan fingerprint density at radius 3 is 2.85 bits per heavy atom. The summed E-state index contributed by atoms with van der Waals surface area (Å²) in [6.45, 7) is 0.884. The first-order chi connectivity index (χ1) is 9.54. The van der Waals surface area contributed by atoms with Crippen molar-refractivity contribution in [3.8, 4) is 0 Å². The third-order valence-electron chi connectivity index (χ3n) is 2.64. The largest absolute Gasteiger partial charge is 0.322 e. The Morgan fingerprint density at radius 2 is 2.20 bits per heavy atom. The molecule has 1 aromatic heterocycles. The van der Waals surface area contributed by atoms with E-state index in [1.165, 1.54) is 6.07 Å². The molecule has 1 amide bonds. The number of carbonyl (C=O) groups excluding carboxylic acids is 1. The minimum atomic E-state index is -0.426. The Balaban J connectivity index is 1.86. The molecule has 0 aliphatic heterocycles. The van der Waals surface area contributed by atoms with Crippen LogP contribution < -0.4 is 5.32 Å². The molecule has 1 N–H and O–H groups in total. The molecule has 20 heavy (non-hydrogen) atoms. The fraction of sp³-hybridized carbons (Fsp3) is 0.214. The molecule has 0 unspecified atom stereocenters. The van der Waals surface area contributed by atoms with E-state index in [-0.39, 0.29) is 18.1 Å². The Hall–Kier alpha value is -1.24. The zero-order valence-corrected chi connectivity index (χ0v) is 13.3. The van der Waals surface area contributed by atoms with Crippen molar-refractivity contribution in [1.29, 1.82) is 0 Å². The number of nitrogens with one attached hydrogen (secondary N) is 1. The molecule has 0 bridgehead atoms. The average Bonchev–Trinajstić information content (AvgIpc) is 2.77. The van der Waals surface area contributed by atoms with Crippen molar-refractivity contribution in [2.24, 2.45) is 0 Å². The second-order valence-corrected chi connectivity index (χ2v) is 6.75. The van der Waals surface area contributed by atoms with Crippen LogP contribution in [0.25, 0.3) is 0 Å². The molecule has 0 spiro atoms. The first-order valence-electron chi connectivity index (χ1n) is 6.00. The highest BCUT2D eigenvalue weighted by Gasteiger charge is 2.10. The van der Waals surface area contributed by atoms with Crippen LogP contribution in [0, 0.1) is 5.82 Å². The molecule has 0 saturated carbocycles. The molecular weight excluding hydrogens is 343 g/mol. The van der Waals surface area contributed by atoms with Crippen LogP contribution in [0.3, 0.4) is 0 Å². The second kappa shape index (κ2) is 6.97. The SMILES string of the molecule is CN(CC(=O)Nc1ccccc1F)Cc1csc(Br)c1. The van der Waals surface area contributed by atoms with Gasteiger partial charge in [-0.3, -0.25) is 9.69 Å². The second-order valence-electron chi connectivity index (χ2n) is 4.46. The van der Waals surface area contributed by atoms with E-state index < -0.39 is 5.82 Å². The first kappa shape index (κ1) is 15.2. The molecule has 1 aromatic carbocycles. The molecule has 6 heteroatoms. The lowest BCUT2D eigenvalue weighted by molar-refractivity contribution is -0.117. The quantitative estimate of drug-likeness (QED) is 0.885. The highest BCUT2D eigenvalue weighted by atomic mass is 79.9. The Bertz CT molecular complexity index is 602. The minimum Gasteiger partial charge on any atom is -0.322 e. The molecular formula is C14H14BrFN2OS. The maximum atomic E-state index is 13.4. The van der Waals surface area contributed by atoms with Crippen LogP contribution in [-0.4, -0.2) is 24.4 Å². The highest BCUT2D eigenvalue weighted by molar-refractivity contribution is 9.11. The number of anilines is 1. The lowest BCUT2D eigenvalue weighted by Crippen LogP contribution is -2.29. The number of hydrogen-bond acceptors (Lipinski definition) is 3. The number of hydrogen-bond donors (Lipinski definition) is 1. The summed E-state index contributed by atoms with van der Waals surface area (Å²) < 4.78 is 14.5. The van der Waals surface area contributed by atoms with Gasteiger partial charge in [0, 0.05) is 6.54 Å². The van der Waals surface area contributed by atoms with Gasteiger partial charge in [0.2, 0.25) is 5.91 Å². The predicted molar refractivity (Wildman–Crippen MR) is 83.4 cm³/mol. The topological polar surface area (TPSA) is 32.3 Å². The molecule has 106 valence electrons. The van der Waals surface area contributed by atoms with Crippen molar-refractivity contribution in [1.82, 2.24) is 4.90 Å².